The first kappa shape index (κ1) is 18.9. The van der Waals surface area contributed by atoms with E-state index in [4.69, 9.17) is 0 Å². The van der Waals surface area contributed by atoms with Gasteiger partial charge in [0.2, 0.25) is 5.69 Å². The van der Waals surface area contributed by atoms with Gasteiger partial charge in [-0.1, -0.05) is 52.5 Å². The van der Waals surface area contributed by atoms with Gasteiger partial charge in [-0.25, -0.2) is 4.39 Å². The van der Waals surface area contributed by atoms with E-state index in [-0.39, 0.29) is 11.6 Å². The summed E-state index contributed by atoms with van der Waals surface area (Å²) in [6, 6.07) is 10.3. The number of para-hydroxylation sites is 1. The zero-order valence-electron chi connectivity index (χ0n) is 15.5. The van der Waals surface area contributed by atoms with Crippen molar-refractivity contribution in [2.45, 2.75) is 39.5 Å². The number of hydrogen-bond donors (Lipinski definition) is 1. The summed E-state index contributed by atoms with van der Waals surface area (Å²) in [6.45, 7) is 13.1. The van der Waals surface area contributed by atoms with Crippen LogP contribution in [0.5, 0.6) is 5.75 Å². The summed E-state index contributed by atoms with van der Waals surface area (Å²) in [5.41, 5.74) is 4.01. The summed E-state index contributed by atoms with van der Waals surface area (Å²) in [4.78, 5) is 0. The molecule has 0 atom stereocenters. The third-order valence-corrected chi connectivity index (χ3v) is 4.24. The van der Waals surface area contributed by atoms with Gasteiger partial charge in [-0.2, -0.15) is 4.58 Å². The van der Waals surface area contributed by atoms with Crippen LogP contribution in [-0.2, 0) is 0 Å². The lowest BCUT2D eigenvalue weighted by atomic mass is 9.92. The largest absolute Gasteiger partial charge is 0.507 e. The van der Waals surface area contributed by atoms with Crippen molar-refractivity contribution < 1.29 is 14.1 Å². The van der Waals surface area contributed by atoms with Crippen LogP contribution in [0, 0.1) is 5.82 Å². The summed E-state index contributed by atoms with van der Waals surface area (Å²) < 4.78 is 15.7. The standard InChI is InChI=1S/C22H26FNO/c1-6-12-24(14-17-13-18(23)10-11-21(17)25)22-19(15(2)3)8-7-9-20(22)16(4)5/h6-11,13-16H,1,12H2,2-5H3/p+1. The summed E-state index contributed by atoms with van der Waals surface area (Å²) in [5.74, 6) is 0.374. The fourth-order valence-corrected chi connectivity index (χ4v) is 2.99. The molecule has 0 spiro atoms. The van der Waals surface area contributed by atoms with Gasteiger partial charge >= 0.3 is 0 Å². The highest BCUT2D eigenvalue weighted by molar-refractivity contribution is 5.81. The van der Waals surface area contributed by atoms with Crippen molar-refractivity contribution in [2.24, 2.45) is 0 Å². The molecule has 3 heteroatoms. The Morgan fingerprint density at radius 2 is 1.68 bits per heavy atom. The van der Waals surface area contributed by atoms with E-state index in [1.54, 1.807) is 6.21 Å². The quantitative estimate of drug-likeness (QED) is 0.405. The minimum Gasteiger partial charge on any atom is -0.507 e. The van der Waals surface area contributed by atoms with Crippen LogP contribution < -0.4 is 0 Å². The molecule has 0 heterocycles. The Hall–Kier alpha value is -2.42. The second-order valence-corrected chi connectivity index (χ2v) is 6.87. The number of halogens is 1. The van der Waals surface area contributed by atoms with E-state index in [0.717, 1.165) is 5.69 Å². The smallest absolute Gasteiger partial charge is 0.212 e. The number of rotatable bonds is 6. The summed E-state index contributed by atoms with van der Waals surface area (Å²) in [7, 11) is 0. The van der Waals surface area contributed by atoms with Crippen LogP contribution in [0.4, 0.5) is 10.1 Å². The molecule has 0 aliphatic rings. The Morgan fingerprint density at radius 1 is 1.08 bits per heavy atom. The predicted octanol–water partition coefficient (Wildman–Crippen LogP) is 5.73. The van der Waals surface area contributed by atoms with Gasteiger partial charge in [-0.05, 0) is 36.1 Å². The number of phenolic OH excluding ortho intramolecular Hbond substituents is 1. The average Bonchev–Trinajstić information content (AvgIpc) is 2.56. The number of nitrogens with zero attached hydrogens (tertiary/aromatic N) is 1. The Morgan fingerprint density at radius 3 is 2.20 bits per heavy atom. The van der Waals surface area contributed by atoms with Crippen molar-refractivity contribution in [3.05, 3.63) is 71.6 Å². The Labute approximate surface area is 150 Å². The Balaban J connectivity index is 2.74. The third-order valence-electron chi connectivity index (χ3n) is 4.24. The average molecular weight is 340 g/mol. The molecule has 2 nitrogen and oxygen atoms in total. The second-order valence-electron chi connectivity index (χ2n) is 6.87. The summed E-state index contributed by atoms with van der Waals surface area (Å²) in [5, 5.41) is 10.1. The van der Waals surface area contributed by atoms with E-state index in [9.17, 15) is 9.50 Å². The van der Waals surface area contributed by atoms with Crippen LogP contribution in [0.25, 0.3) is 0 Å². The molecule has 0 aliphatic carbocycles. The van der Waals surface area contributed by atoms with Crippen LogP contribution >= 0.6 is 0 Å². The van der Waals surface area contributed by atoms with Crippen molar-refractivity contribution in [2.75, 3.05) is 6.54 Å². The zero-order chi connectivity index (χ0) is 18.6. The van der Waals surface area contributed by atoms with Crippen LogP contribution in [0.15, 0.2) is 49.1 Å². The first-order valence-corrected chi connectivity index (χ1v) is 8.68. The van der Waals surface area contributed by atoms with Gasteiger partial charge in [0.25, 0.3) is 0 Å². The van der Waals surface area contributed by atoms with Gasteiger partial charge < -0.3 is 5.11 Å². The fourth-order valence-electron chi connectivity index (χ4n) is 2.99. The highest BCUT2D eigenvalue weighted by Crippen LogP contribution is 2.34. The highest BCUT2D eigenvalue weighted by atomic mass is 19.1. The van der Waals surface area contributed by atoms with Gasteiger partial charge in [0, 0.05) is 11.1 Å². The minimum absolute atomic E-state index is 0.0589. The molecule has 0 saturated heterocycles. The Kier molecular flexibility index (Phi) is 6.13. The molecule has 0 saturated carbocycles. The van der Waals surface area contributed by atoms with Crippen molar-refractivity contribution in [3.63, 3.8) is 0 Å². The minimum atomic E-state index is -0.371. The molecule has 2 rings (SSSR count). The summed E-state index contributed by atoms with van der Waals surface area (Å²) >= 11 is 0. The molecule has 2 aromatic carbocycles. The molecular formula is C22H27FNO+. The molecule has 0 amide bonds. The molecule has 0 bridgehead atoms. The number of aromatic hydroxyl groups is 1. The van der Waals surface area contributed by atoms with Crippen LogP contribution in [0.2, 0.25) is 0 Å². The normalized spacial score (nSPS) is 12.0. The molecule has 25 heavy (non-hydrogen) atoms. The van der Waals surface area contributed by atoms with Crippen LogP contribution in [-0.4, -0.2) is 22.4 Å². The van der Waals surface area contributed by atoms with E-state index in [2.05, 4.69) is 52.5 Å². The Bertz CT molecular complexity index is 764. The molecule has 2 aromatic rings. The maximum atomic E-state index is 13.6. The lowest BCUT2D eigenvalue weighted by Crippen LogP contribution is -2.14. The van der Waals surface area contributed by atoms with E-state index in [0.29, 0.717) is 23.9 Å². The van der Waals surface area contributed by atoms with Crippen molar-refractivity contribution >= 4 is 11.9 Å². The first-order valence-electron chi connectivity index (χ1n) is 8.68. The van der Waals surface area contributed by atoms with Gasteiger partial charge in [0.1, 0.15) is 11.6 Å². The van der Waals surface area contributed by atoms with Gasteiger partial charge in [0.15, 0.2) is 12.8 Å². The molecule has 0 fully saturated rings. The number of benzene rings is 2. The van der Waals surface area contributed by atoms with E-state index < -0.39 is 0 Å². The molecule has 0 unspecified atom stereocenters. The molecule has 0 aliphatic heterocycles. The van der Waals surface area contributed by atoms with Crippen molar-refractivity contribution in [3.8, 4) is 5.75 Å². The monoisotopic (exact) mass is 340 g/mol. The van der Waals surface area contributed by atoms with E-state index >= 15 is 0 Å². The van der Waals surface area contributed by atoms with E-state index in [1.165, 1.54) is 29.3 Å². The summed E-state index contributed by atoms with van der Waals surface area (Å²) in [6.07, 6.45) is 3.61. The molecule has 0 aromatic heterocycles. The maximum absolute atomic E-state index is 13.6. The van der Waals surface area contributed by atoms with Gasteiger partial charge in [0.05, 0.1) is 5.56 Å². The fraction of sp³-hybridized carbons (Fsp3) is 0.318. The van der Waals surface area contributed by atoms with E-state index in [1.807, 2.05) is 10.7 Å². The molecule has 0 radical (unpaired) electrons. The van der Waals surface area contributed by atoms with Crippen molar-refractivity contribution in [1.82, 2.24) is 0 Å². The topological polar surface area (TPSA) is 23.2 Å². The second kappa shape index (κ2) is 8.11. The van der Waals surface area contributed by atoms with Gasteiger partial charge in [-0.15, -0.1) is 0 Å². The lowest BCUT2D eigenvalue weighted by Gasteiger charge is -2.16. The maximum Gasteiger partial charge on any atom is 0.212 e. The van der Waals surface area contributed by atoms with Crippen LogP contribution in [0.3, 0.4) is 0 Å². The molecule has 1 N–H and O–H groups in total. The zero-order valence-corrected chi connectivity index (χ0v) is 15.5. The number of hydrogen-bond acceptors (Lipinski definition) is 1. The number of phenols is 1. The highest BCUT2D eigenvalue weighted by Gasteiger charge is 2.23. The van der Waals surface area contributed by atoms with Crippen molar-refractivity contribution in [1.29, 1.82) is 0 Å². The third kappa shape index (κ3) is 4.36. The molecule has 132 valence electrons. The van der Waals surface area contributed by atoms with Crippen LogP contribution in [0.1, 0.15) is 56.2 Å². The SMILES string of the molecule is C=CC[N+](=Cc1cc(F)ccc1O)c1c(C(C)C)cccc1C(C)C. The molecular weight excluding hydrogens is 313 g/mol. The first-order chi connectivity index (χ1) is 11.8. The van der Waals surface area contributed by atoms with Gasteiger partial charge in [-0.3, -0.25) is 0 Å². The predicted molar refractivity (Wildman–Crippen MR) is 103 cm³/mol. The lowest BCUT2D eigenvalue weighted by molar-refractivity contribution is -0.424.